The summed E-state index contributed by atoms with van der Waals surface area (Å²) in [6.07, 6.45) is -4.73. The van der Waals surface area contributed by atoms with Gasteiger partial charge in [-0.15, -0.1) is 0 Å². The van der Waals surface area contributed by atoms with Gasteiger partial charge in [0.1, 0.15) is 12.3 Å². The lowest BCUT2D eigenvalue weighted by molar-refractivity contribution is -0.137. The van der Waals surface area contributed by atoms with E-state index in [1.807, 2.05) is 0 Å². The maximum atomic E-state index is 13.7. The molecule has 0 heterocycles. The fourth-order valence-corrected chi connectivity index (χ4v) is 4.93. The Balaban J connectivity index is 2.08. The van der Waals surface area contributed by atoms with Crippen molar-refractivity contribution in [3.8, 4) is 17.2 Å². The topological polar surface area (TPSA) is 94.2 Å². The quantitative estimate of drug-likeness (QED) is 0.418. The number of sulfonamides is 1. The van der Waals surface area contributed by atoms with Crippen molar-refractivity contribution in [2.24, 2.45) is 0 Å². The van der Waals surface area contributed by atoms with Crippen LogP contribution in [0.5, 0.6) is 17.2 Å². The number of aryl methyl sites for hydroxylation is 1. The average molecular weight is 539 g/mol. The summed E-state index contributed by atoms with van der Waals surface area (Å²) < 4.78 is 83.7. The Labute approximate surface area is 212 Å². The molecular formula is C25H25F3N2O6S. The first-order valence-corrected chi connectivity index (χ1v) is 12.2. The number of anilines is 2. The SMILES string of the molecule is COc1ccc(C)cc1NC(=O)CN(c1cccc(C(F)(F)F)c1)S(=O)(=O)c1ccc(OC)c(OC)c1. The summed E-state index contributed by atoms with van der Waals surface area (Å²) in [5.74, 6) is -0.143. The number of amides is 1. The first-order chi connectivity index (χ1) is 17.4. The van der Waals surface area contributed by atoms with Crippen molar-refractivity contribution in [1.29, 1.82) is 0 Å². The molecule has 0 aliphatic heterocycles. The summed E-state index contributed by atoms with van der Waals surface area (Å²) in [5.41, 5.74) is -0.349. The van der Waals surface area contributed by atoms with E-state index in [-0.39, 0.29) is 27.8 Å². The first-order valence-electron chi connectivity index (χ1n) is 10.8. The fourth-order valence-electron chi connectivity index (χ4n) is 3.50. The van der Waals surface area contributed by atoms with E-state index in [4.69, 9.17) is 14.2 Å². The first kappa shape index (κ1) is 27.7. The van der Waals surface area contributed by atoms with E-state index < -0.39 is 34.2 Å². The lowest BCUT2D eigenvalue weighted by atomic mass is 10.2. The molecular weight excluding hydrogens is 513 g/mol. The highest BCUT2D eigenvalue weighted by Gasteiger charge is 2.33. The van der Waals surface area contributed by atoms with Gasteiger partial charge in [-0.05, 0) is 55.0 Å². The van der Waals surface area contributed by atoms with Crippen molar-refractivity contribution in [3.05, 3.63) is 71.8 Å². The van der Waals surface area contributed by atoms with Crippen molar-refractivity contribution in [3.63, 3.8) is 0 Å². The second-order valence-electron chi connectivity index (χ2n) is 7.83. The number of alkyl halides is 3. The summed E-state index contributed by atoms with van der Waals surface area (Å²) in [6, 6.07) is 12.4. The summed E-state index contributed by atoms with van der Waals surface area (Å²) in [5, 5.41) is 2.57. The van der Waals surface area contributed by atoms with Gasteiger partial charge < -0.3 is 19.5 Å². The Hall–Kier alpha value is -3.93. The monoisotopic (exact) mass is 538 g/mol. The molecule has 0 atom stereocenters. The normalized spacial score (nSPS) is 11.5. The van der Waals surface area contributed by atoms with Gasteiger partial charge in [-0.2, -0.15) is 13.2 Å². The molecule has 1 N–H and O–H groups in total. The second kappa shape index (κ2) is 11.0. The second-order valence-corrected chi connectivity index (χ2v) is 9.69. The van der Waals surface area contributed by atoms with Crippen molar-refractivity contribution in [2.45, 2.75) is 18.0 Å². The predicted molar refractivity (Wildman–Crippen MR) is 132 cm³/mol. The van der Waals surface area contributed by atoms with E-state index in [2.05, 4.69) is 5.32 Å². The van der Waals surface area contributed by atoms with Crippen LogP contribution in [0.3, 0.4) is 0 Å². The molecule has 12 heteroatoms. The van der Waals surface area contributed by atoms with Gasteiger partial charge >= 0.3 is 6.18 Å². The van der Waals surface area contributed by atoms with Crippen LogP contribution in [-0.2, 0) is 21.0 Å². The maximum absolute atomic E-state index is 13.7. The number of methoxy groups -OCH3 is 3. The zero-order valence-electron chi connectivity index (χ0n) is 20.4. The summed E-state index contributed by atoms with van der Waals surface area (Å²) in [7, 11) is -0.474. The van der Waals surface area contributed by atoms with Gasteiger partial charge in [-0.3, -0.25) is 9.10 Å². The van der Waals surface area contributed by atoms with Gasteiger partial charge in [0.25, 0.3) is 10.0 Å². The summed E-state index contributed by atoms with van der Waals surface area (Å²) in [6.45, 7) is 0.959. The minimum absolute atomic E-state index is 0.0847. The van der Waals surface area contributed by atoms with E-state index in [0.29, 0.717) is 16.1 Å². The highest BCUT2D eigenvalue weighted by Crippen LogP contribution is 2.35. The zero-order valence-corrected chi connectivity index (χ0v) is 21.2. The molecule has 0 aliphatic rings. The van der Waals surface area contributed by atoms with Gasteiger partial charge in [0.15, 0.2) is 11.5 Å². The number of benzene rings is 3. The number of ether oxygens (including phenoxy) is 3. The number of nitrogens with zero attached hydrogens (tertiary/aromatic N) is 1. The molecule has 0 fully saturated rings. The molecule has 0 aromatic heterocycles. The third-order valence-corrected chi connectivity index (χ3v) is 7.09. The van der Waals surface area contributed by atoms with Crippen LogP contribution in [0, 0.1) is 6.92 Å². The zero-order chi connectivity index (χ0) is 27.4. The van der Waals surface area contributed by atoms with Crippen LogP contribution < -0.4 is 23.8 Å². The Morgan fingerprint density at radius 1 is 0.892 bits per heavy atom. The maximum Gasteiger partial charge on any atom is 0.416 e. The Morgan fingerprint density at radius 2 is 1.54 bits per heavy atom. The van der Waals surface area contributed by atoms with Gasteiger partial charge in [-0.1, -0.05) is 12.1 Å². The molecule has 3 aromatic rings. The Morgan fingerprint density at radius 3 is 2.16 bits per heavy atom. The molecule has 0 aliphatic carbocycles. The molecule has 0 radical (unpaired) electrons. The molecule has 0 saturated heterocycles. The number of rotatable bonds is 9. The van der Waals surface area contributed by atoms with Gasteiger partial charge in [0.2, 0.25) is 5.91 Å². The van der Waals surface area contributed by atoms with Crippen LogP contribution in [-0.4, -0.2) is 42.2 Å². The van der Waals surface area contributed by atoms with Crippen molar-refractivity contribution >= 4 is 27.3 Å². The molecule has 8 nitrogen and oxygen atoms in total. The highest BCUT2D eigenvalue weighted by atomic mass is 32.2. The number of halogens is 3. The lowest BCUT2D eigenvalue weighted by Crippen LogP contribution is -2.38. The molecule has 198 valence electrons. The molecule has 1 amide bonds. The van der Waals surface area contributed by atoms with Gasteiger partial charge in [0.05, 0.1) is 43.2 Å². The van der Waals surface area contributed by atoms with Crippen LogP contribution in [0.4, 0.5) is 24.5 Å². The minimum atomic E-state index is -4.73. The van der Waals surface area contributed by atoms with Crippen LogP contribution in [0.2, 0.25) is 0 Å². The van der Waals surface area contributed by atoms with Gasteiger partial charge in [0, 0.05) is 6.07 Å². The molecule has 3 aromatic carbocycles. The fraction of sp³-hybridized carbons (Fsp3) is 0.240. The number of carbonyl (C=O) groups is 1. The van der Waals surface area contributed by atoms with Crippen molar-refractivity contribution < 1.29 is 40.6 Å². The van der Waals surface area contributed by atoms with Crippen LogP contribution in [0.15, 0.2) is 65.6 Å². The van der Waals surface area contributed by atoms with E-state index in [1.54, 1.807) is 25.1 Å². The van der Waals surface area contributed by atoms with E-state index in [9.17, 15) is 26.4 Å². The van der Waals surface area contributed by atoms with Gasteiger partial charge in [-0.25, -0.2) is 8.42 Å². The molecule has 37 heavy (non-hydrogen) atoms. The Bertz CT molecular complexity index is 1390. The smallest absolute Gasteiger partial charge is 0.416 e. The average Bonchev–Trinajstić information content (AvgIpc) is 2.86. The molecule has 3 rings (SSSR count). The van der Waals surface area contributed by atoms with Crippen LogP contribution >= 0.6 is 0 Å². The van der Waals surface area contributed by atoms with Crippen LogP contribution in [0.25, 0.3) is 0 Å². The van der Waals surface area contributed by atoms with E-state index >= 15 is 0 Å². The predicted octanol–water partition coefficient (Wildman–Crippen LogP) is 4.87. The number of nitrogens with one attached hydrogen (secondary N) is 1. The number of carbonyl (C=O) groups excluding carboxylic acids is 1. The largest absolute Gasteiger partial charge is 0.495 e. The van der Waals surface area contributed by atoms with E-state index in [1.165, 1.54) is 39.5 Å². The van der Waals surface area contributed by atoms with Crippen LogP contribution in [0.1, 0.15) is 11.1 Å². The third-order valence-electron chi connectivity index (χ3n) is 5.32. The number of hydrogen-bond donors (Lipinski definition) is 1. The van der Waals surface area contributed by atoms with E-state index in [0.717, 1.165) is 23.8 Å². The van der Waals surface area contributed by atoms with Crippen molar-refractivity contribution in [1.82, 2.24) is 0 Å². The lowest BCUT2D eigenvalue weighted by Gasteiger charge is -2.25. The minimum Gasteiger partial charge on any atom is -0.495 e. The third kappa shape index (κ3) is 6.26. The molecule has 0 unspecified atom stereocenters. The standard InChI is InChI=1S/C25H25F3N2O6S/c1-16-8-10-21(34-2)20(12-16)29-24(31)15-30(18-7-5-6-17(13-18)25(26,27)28)37(32,33)19-9-11-22(35-3)23(14-19)36-4/h5-14H,15H2,1-4H3,(H,29,31). The summed E-state index contributed by atoms with van der Waals surface area (Å²) in [4.78, 5) is 12.7. The Kier molecular flexibility index (Phi) is 8.22. The number of hydrogen-bond acceptors (Lipinski definition) is 6. The molecule has 0 saturated carbocycles. The molecule has 0 spiro atoms. The van der Waals surface area contributed by atoms with Crippen molar-refractivity contribution in [2.75, 3.05) is 37.5 Å². The molecule has 0 bridgehead atoms. The summed E-state index contributed by atoms with van der Waals surface area (Å²) >= 11 is 0. The highest BCUT2D eigenvalue weighted by molar-refractivity contribution is 7.92.